The van der Waals surface area contributed by atoms with E-state index in [9.17, 15) is 30.6 Å². The molecular weight excluding hydrogens is 522 g/mol. The molecule has 0 unspecified atom stereocenters. The highest BCUT2D eigenvalue weighted by atomic mass is 16.8. The van der Waals surface area contributed by atoms with E-state index in [1.54, 1.807) is 7.05 Å². The highest BCUT2D eigenvalue weighted by Crippen LogP contribution is 2.35. The van der Waals surface area contributed by atoms with Crippen LogP contribution in [0.1, 0.15) is 19.8 Å². The molecule has 39 heavy (non-hydrogen) atoms. The van der Waals surface area contributed by atoms with E-state index in [1.807, 2.05) is 6.92 Å². The molecule has 0 spiro atoms. The zero-order valence-electron chi connectivity index (χ0n) is 22.1. The van der Waals surface area contributed by atoms with E-state index >= 15 is 0 Å². The van der Waals surface area contributed by atoms with Crippen LogP contribution in [0, 0.1) is 0 Å². The Morgan fingerprint density at radius 2 is 1.51 bits per heavy atom. The molecule has 228 valence electrons. The van der Waals surface area contributed by atoms with Crippen molar-refractivity contribution in [3.05, 3.63) is 0 Å². The number of hydrogen-bond donors (Lipinski definition) is 11. The van der Waals surface area contributed by atoms with E-state index in [4.69, 9.17) is 40.9 Å². The van der Waals surface area contributed by atoms with Crippen LogP contribution in [0.3, 0.4) is 0 Å². The Hall–Kier alpha value is -0.640. The molecule has 0 aromatic heterocycles. The SMILES string of the molecule is CCN[C@H]1C[C@@H](N)[C@H](O)[C@@H](O)[C@@H]1O[C@H]1O[C@@H]2[C@H](O)[C@H](NC)[C@@H](O[C@H]3O[C@@H](CO)[C@@H](N)[C@H](O)[C@H]3O)O[C@H]2C[C@H]1N. The largest absolute Gasteiger partial charge is 0.394 e. The Kier molecular flexibility index (Phi) is 10.5. The van der Waals surface area contributed by atoms with Crippen LogP contribution >= 0.6 is 0 Å². The van der Waals surface area contributed by atoms with Crippen LogP contribution in [0.15, 0.2) is 0 Å². The van der Waals surface area contributed by atoms with Gasteiger partial charge in [-0.1, -0.05) is 6.92 Å². The molecule has 0 aromatic rings. The molecular formula is C23H45N5O11. The summed E-state index contributed by atoms with van der Waals surface area (Å²) in [4.78, 5) is 0. The minimum Gasteiger partial charge on any atom is -0.394 e. The monoisotopic (exact) mass is 567 g/mol. The topological polar surface area (TPSA) is 270 Å². The smallest absolute Gasteiger partial charge is 0.189 e. The standard InChI is InChI=1S/C23H45N5O11/c1-3-28-9-4-7(24)14(30)17(33)19(9)37-21-8(25)5-10-20(38-21)16(32)13(27-2)22(35-10)39-23-18(34)15(31)12(26)11(6-29)36-23/h7-23,27-34H,3-6,24-26H2,1-2H3/t7-,8-,9+,10+,11+,12-,13+,14+,15+,16-,17-,18-,19-,20+,21+,22-,23-/m1/s1. The van der Waals surface area contributed by atoms with Crippen molar-refractivity contribution in [3.8, 4) is 0 Å². The maximum Gasteiger partial charge on any atom is 0.189 e. The Morgan fingerprint density at radius 3 is 2.15 bits per heavy atom. The van der Waals surface area contributed by atoms with Gasteiger partial charge in [0.25, 0.3) is 0 Å². The number of hydrogen-bond acceptors (Lipinski definition) is 16. The minimum atomic E-state index is -1.53. The van der Waals surface area contributed by atoms with Crippen molar-refractivity contribution in [3.63, 3.8) is 0 Å². The van der Waals surface area contributed by atoms with Crippen LogP contribution in [0.5, 0.6) is 0 Å². The highest BCUT2D eigenvalue weighted by molar-refractivity contribution is 5.02. The fraction of sp³-hybridized carbons (Fsp3) is 1.00. The van der Waals surface area contributed by atoms with Crippen LogP contribution in [0.25, 0.3) is 0 Å². The molecule has 14 N–H and O–H groups in total. The number of nitrogens with one attached hydrogen (secondary N) is 2. The maximum atomic E-state index is 11.2. The van der Waals surface area contributed by atoms with Crippen LogP contribution in [0.2, 0.25) is 0 Å². The fourth-order valence-electron chi connectivity index (χ4n) is 5.88. The summed E-state index contributed by atoms with van der Waals surface area (Å²) in [6.45, 7) is 1.98. The van der Waals surface area contributed by atoms with E-state index < -0.39 is 105 Å². The van der Waals surface area contributed by atoms with Crippen molar-refractivity contribution in [2.45, 2.75) is 124 Å². The zero-order chi connectivity index (χ0) is 28.6. The third-order valence-electron chi connectivity index (χ3n) is 8.17. The van der Waals surface area contributed by atoms with Gasteiger partial charge in [0.15, 0.2) is 18.9 Å². The molecule has 0 bridgehead atoms. The zero-order valence-corrected chi connectivity index (χ0v) is 22.1. The Bertz CT molecular complexity index is 787. The lowest BCUT2D eigenvalue weighted by Gasteiger charge is -2.51. The highest BCUT2D eigenvalue weighted by Gasteiger charge is 2.54. The van der Waals surface area contributed by atoms with Crippen LogP contribution in [0.4, 0.5) is 0 Å². The van der Waals surface area contributed by atoms with E-state index in [0.29, 0.717) is 13.0 Å². The first kappa shape index (κ1) is 31.3. The molecule has 0 radical (unpaired) electrons. The van der Waals surface area contributed by atoms with Crippen molar-refractivity contribution in [1.82, 2.24) is 10.6 Å². The molecule has 0 amide bonds. The summed E-state index contributed by atoms with van der Waals surface area (Å²) in [5.41, 5.74) is 18.2. The number of ether oxygens (including phenoxy) is 5. The lowest BCUT2D eigenvalue weighted by molar-refractivity contribution is -0.373. The Morgan fingerprint density at radius 1 is 0.795 bits per heavy atom. The third kappa shape index (κ3) is 6.26. The average molecular weight is 568 g/mol. The predicted octanol–water partition coefficient (Wildman–Crippen LogP) is -6.30. The van der Waals surface area contributed by atoms with Gasteiger partial charge in [-0.25, -0.2) is 0 Å². The van der Waals surface area contributed by atoms with Crippen LogP contribution in [-0.4, -0.2) is 155 Å². The van der Waals surface area contributed by atoms with Gasteiger partial charge in [0, 0.05) is 12.1 Å². The summed E-state index contributed by atoms with van der Waals surface area (Å²) in [6.07, 6.45) is -13.2. The molecule has 17 atom stereocenters. The summed E-state index contributed by atoms with van der Waals surface area (Å²) >= 11 is 0. The second-order valence-corrected chi connectivity index (χ2v) is 10.8. The molecule has 1 aliphatic carbocycles. The van der Waals surface area contributed by atoms with Gasteiger partial charge in [-0.15, -0.1) is 0 Å². The molecule has 4 aliphatic rings. The van der Waals surface area contributed by atoms with E-state index in [2.05, 4.69) is 10.6 Å². The summed E-state index contributed by atoms with van der Waals surface area (Å²) in [7, 11) is 1.57. The lowest BCUT2D eigenvalue weighted by Crippen LogP contribution is -2.70. The van der Waals surface area contributed by atoms with Crippen molar-refractivity contribution in [2.75, 3.05) is 20.2 Å². The van der Waals surface area contributed by atoms with Crippen molar-refractivity contribution in [2.24, 2.45) is 17.2 Å². The summed E-state index contributed by atoms with van der Waals surface area (Å²) in [6, 6.07) is -3.62. The molecule has 4 fully saturated rings. The first-order valence-electron chi connectivity index (χ1n) is 13.5. The predicted molar refractivity (Wildman–Crippen MR) is 133 cm³/mol. The molecule has 3 saturated heterocycles. The summed E-state index contributed by atoms with van der Waals surface area (Å²) < 4.78 is 29.6. The van der Waals surface area contributed by atoms with Gasteiger partial charge in [0.2, 0.25) is 0 Å². The number of nitrogens with two attached hydrogens (primary N) is 3. The van der Waals surface area contributed by atoms with Gasteiger partial charge in [0.1, 0.15) is 42.7 Å². The average Bonchev–Trinajstić information content (AvgIpc) is 2.90. The number of aliphatic hydroxyl groups excluding tert-OH is 6. The third-order valence-corrected chi connectivity index (χ3v) is 8.17. The second kappa shape index (κ2) is 13.1. The van der Waals surface area contributed by atoms with Crippen molar-refractivity contribution >= 4 is 0 Å². The van der Waals surface area contributed by atoms with Crippen LogP contribution in [-0.2, 0) is 23.7 Å². The Labute approximate surface area is 226 Å². The number of likely N-dealkylation sites (N-methyl/N-ethyl adjacent to an activating group) is 2. The first-order chi connectivity index (χ1) is 18.5. The molecule has 1 saturated carbocycles. The normalized spacial score (nSPS) is 52.8. The van der Waals surface area contributed by atoms with E-state index in [0.717, 1.165) is 0 Å². The summed E-state index contributed by atoms with van der Waals surface area (Å²) in [5.74, 6) is 0. The quantitative estimate of drug-likeness (QED) is 0.130. The number of aliphatic hydroxyl groups is 6. The Balaban J connectivity index is 1.45. The van der Waals surface area contributed by atoms with Crippen molar-refractivity contribution < 1.29 is 54.3 Å². The van der Waals surface area contributed by atoms with Crippen molar-refractivity contribution in [1.29, 1.82) is 0 Å². The van der Waals surface area contributed by atoms with Gasteiger partial charge in [0.05, 0.1) is 36.9 Å². The number of rotatable bonds is 8. The molecule has 16 nitrogen and oxygen atoms in total. The van der Waals surface area contributed by atoms with Gasteiger partial charge < -0.3 is 82.2 Å². The van der Waals surface area contributed by atoms with Gasteiger partial charge in [-0.05, 0) is 26.4 Å². The summed E-state index contributed by atoms with van der Waals surface area (Å²) in [5, 5.41) is 68.6. The van der Waals surface area contributed by atoms with Crippen LogP contribution < -0.4 is 27.8 Å². The number of fused-ring (bicyclic) bond motifs is 1. The van der Waals surface area contributed by atoms with Gasteiger partial charge >= 0.3 is 0 Å². The molecule has 16 heteroatoms. The molecule has 0 aromatic carbocycles. The lowest BCUT2D eigenvalue weighted by atomic mass is 9.84. The van der Waals surface area contributed by atoms with Gasteiger partial charge in [-0.3, -0.25) is 0 Å². The molecule has 3 aliphatic heterocycles. The van der Waals surface area contributed by atoms with E-state index in [-0.39, 0.29) is 12.5 Å². The molecule has 3 heterocycles. The second-order valence-electron chi connectivity index (χ2n) is 10.8. The molecule has 4 rings (SSSR count). The first-order valence-corrected chi connectivity index (χ1v) is 13.5. The fourth-order valence-corrected chi connectivity index (χ4v) is 5.88. The van der Waals surface area contributed by atoms with E-state index in [1.165, 1.54) is 0 Å². The minimum absolute atomic E-state index is 0.181. The maximum absolute atomic E-state index is 11.2. The van der Waals surface area contributed by atoms with Gasteiger partial charge in [-0.2, -0.15) is 0 Å².